The number of hydrogen-bond acceptors (Lipinski definition) is 5. The molecule has 1 fully saturated rings. The molecule has 0 bridgehead atoms. The Labute approximate surface area is 129 Å². The smallest absolute Gasteiger partial charge is 0.240 e. The first kappa shape index (κ1) is 15.4. The molecule has 2 aliphatic rings. The zero-order valence-corrected chi connectivity index (χ0v) is 13.3. The lowest BCUT2D eigenvalue weighted by atomic mass is 10.0. The van der Waals surface area contributed by atoms with E-state index in [1.165, 1.54) is 12.1 Å². The van der Waals surface area contributed by atoms with Crippen molar-refractivity contribution in [3.05, 3.63) is 23.8 Å². The molecule has 9 heteroatoms. The number of carbonyl (C=O) groups is 1. The number of carbonyl (C=O) groups excluding carboxylic acids is 1. The summed E-state index contributed by atoms with van der Waals surface area (Å²) in [6.45, 7) is 0. The molecule has 1 amide bonds. The number of anilines is 1. The maximum Gasteiger partial charge on any atom is 0.240 e. The Hall–Kier alpha value is -1.45. The minimum atomic E-state index is -3.77. The molecule has 1 aromatic carbocycles. The number of amides is 1. The number of benzene rings is 1. The van der Waals surface area contributed by atoms with Crippen LogP contribution >= 0.6 is 0 Å². The maximum atomic E-state index is 12.4. The van der Waals surface area contributed by atoms with Crippen LogP contribution in [0.5, 0.6) is 0 Å². The van der Waals surface area contributed by atoms with Gasteiger partial charge in [-0.05, 0) is 36.6 Å². The summed E-state index contributed by atoms with van der Waals surface area (Å²) in [6.07, 6.45) is 1.11. The van der Waals surface area contributed by atoms with Gasteiger partial charge in [0.05, 0.1) is 16.4 Å². The van der Waals surface area contributed by atoms with Gasteiger partial charge in [-0.25, -0.2) is 21.6 Å². The van der Waals surface area contributed by atoms with Gasteiger partial charge < -0.3 is 5.32 Å². The van der Waals surface area contributed by atoms with Gasteiger partial charge in [0.15, 0.2) is 9.84 Å². The summed E-state index contributed by atoms with van der Waals surface area (Å²) < 4.78 is 50.0. The fourth-order valence-corrected chi connectivity index (χ4v) is 5.80. The lowest BCUT2D eigenvalue weighted by molar-refractivity contribution is -0.116. The summed E-state index contributed by atoms with van der Waals surface area (Å²) in [6, 6.07) is 3.93. The third-order valence-corrected chi connectivity index (χ3v) is 7.12. The summed E-state index contributed by atoms with van der Waals surface area (Å²) in [7, 11) is -6.91. The van der Waals surface area contributed by atoms with Gasteiger partial charge in [0, 0.05) is 18.2 Å². The van der Waals surface area contributed by atoms with Crippen molar-refractivity contribution in [3.63, 3.8) is 0 Å². The normalized spacial score (nSPS) is 23.8. The van der Waals surface area contributed by atoms with Gasteiger partial charge in [-0.15, -0.1) is 0 Å². The lowest BCUT2D eigenvalue weighted by Crippen LogP contribution is -2.35. The van der Waals surface area contributed by atoms with Gasteiger partial charge in [-0.2, -0.15) is 0 Å². The Morgan fingerprint density at radius 3 is 2.68 bits per heavy atom. The van der Waals surface area contributed by atoms with Crippen molar-refractivity contribution in [3.8, 4) is 0 Å². The van der Waals surface area contributed by atoms with Gasteiger partial charge in [0.25, 0.3) is 0 Å². The Kier molecular flexibility index (Phi) is 3.74. The van der Waals surface area contributed by atoms with Gasteiger partial charge in [0.2, 0.25) is 15.9 Å². The third-order valence-electron chi connectivity index (χ3n) is 3.84. The van der Waals surface area contributed by atoms with E-state index in [1.807, 2.05) is 0 Å². The molecule has 22 heavy (non-hydrogen) atoms. The molecule has 2 N–H and O–H groups in total. The van der Waals surface area contributed by atoms with Crippen molar-refractivity contribution in [2.75, 3.05) is 16.8 Å². The molecule has 3 rings (SSSR count). The zero-order chi connectivity index (χ0) is 16.0. The van der Waals surface area contributed by atoms with Crippen molar-refractivity contribution in [1.82, 2.24) is 4.72 Å². The van der Waals surface area contributed by atoms with Crippen LogP contribution in [0.4, 0.5) is 5.69 Å². The van der Waals surface area contributed by atoms with Gasteiger partial charge in [-0.1, -0.05) is 0 Å². The van der Waals surface area contributed by atoms with Gasteiger partial charge in [-0.3, -0.25) is 4.79 Å². The first-order valence-electron chi connectivity index (χ1n) is 6.91. The van der Waals surface area contributed by atoms with Crippen LogP contribution in [0.3, 0.4) is 0 Å². The average molecular weight is 344 g/mol. The van der Waals surface area contributed by atoms with Crippen LogP contribution < -0.4 is 10.0 Å². The van der Waals surface area contributed by atoms with Crippen LogP contribution in [-0.2, 0) is 31.1 Å². The second-order valence-corrected chi connectivity index (χ2v) is 9.53. The highest BCUT2D eigenvalue weighted by Crippen LogP contribution is 2.26. The van der Waals surface area contributed by atoms with Gasteiger partial charge >= 0.3 is 0 Å². The fraction of sp³-hybridized carbons (Fsp3) is 0.462. The minimum absolute atomic E-state index is 0.0103. The average Bonchev–Trinajstić information content (AvgIpc) is 2.76. The molecule has 0 spiro atoms. The van der Waals surface area contributed by atoms with E-state index in [0.29, 0.717) is 24.9 Å². The standard InChI is InChI=1S/C13H16N2O5S2/c16-13-4-1-9-7-11(2-3-12(9)14-13)22(19,20)15-10-5-6-21(17,18)8-10/h2-3,7,10,15H,1,4-6,8H2,(H,14,16). The predicted molar refractivity (Wildman–Crippen MR) is 80.8 cm³/mol. The Balaban J connectivity index is 1.82. The molecule has 1 saturated heterocycles. The molecule has 0 aliphatic carbocycles. The molecule has 0 saturated carbocycles. The number of fused-ring (bicyclic) bond motifs is 1. The maximum absolute atomic E-state index is 12.4. The number of rotatable bonds is 3. The highest BCUT2D eigenvalue weighted by atomic mass is 32.2. The van der Waals surface area contributed by atoms with E-state index in [-0.39, 0.29) is 22.3 Å². The van der Waals surface area contributed by atoms with E-state index in [1.54, 1.807) is 6.07 Å². The third kappa shape index (κ3) is 3.16. The SMILES string of the molecule is O=C1CCc2cc(S(=O)(=O)NC3CCS(=O)(=O)C3)ccc2N1. The summed E-state index contributed by atoms with van der Waals surface area (Å²) in [5.41, 5.74) is 1.39. The first-order valence-corrected chi connectivity index (χ1v) is 10.2. The van der Waals surface area contributed by atoms with E-state index in [4.69, 9.17) is 0 Å². The highest BCUT2D eigenvalue weighted by molar-refractivity contribution is 7.92. The Bertz CT molecular complexity index is 830. The summed E-state index contributed by atoms with van der Waals surface area (Å²) in [5, 5.41) is 2.69. The zero-order valence-electron chi connectivity index (χ0n) is 11.7. The number of sulfone groups is 1. The number of aryl methyl sites for hydroxylation is 1. The highest BCUT2D eigenvalue weighted by Gasteiger charge is 2.31. The van der Waals surface area contributed by atoms with E-state index < -0.39 is 25.9 Å². The molecule has 1 aromatic rings. The number of nitrogens with one attached hydrogen (secondary N) is 2. The summed E-state index contributed by atoms with van der Waals surface area (Å²) in [4.78, 5) is 11.4. The van der Waals surface area contributed by atoms with Gasteiger partial charge in [0.1, 0.15) is 0 Å². The van der Waals surface area contributed by atoms with Crippen molar-refractivity contribution in [1.29, 1.82) is 0 Å². The van der Waals surface area contributed by atoms with Crippen LogP contribution in [0, 0.1) is 0 Å². The van der Waals surface area contributed by atoms with E-state index in [0.717, 1.165) is 5.56 Å². The Morgan fingerprint density at radius 1 is 1.23 bits per heavy atom. The van der Waals surface area contributed by atoms with Crippen LogP contribution in [-0.4, -0.2) is 40.3 Å². The molecule has 0 aromatic heterocycles. The second-order valence-electron chi connectivity index (χ2n) is 5.59. The minimum Gasteiger partial charge on any atom is -0.326 e. The molecule has 120 valence electrons. The monoisotopic (exact) mass is 344 g/mol. The van der Waals surface area contributed by atoms with Crippen LogP contribution in [0.25, 0.3) is 0 Å². The molecular weight excluding hydrogens is 328 g/mol. The lowest BCUT2D eigenvalue weighted by Gasteiger charge is -2.18. The Morgan fingerprint density at radius 2 is 2.00 bits per heavy atom. The quantitative estimate of drug-likeness (QED) is 0.804. The summed E-state index contributed by atoms with van der Waals surface area (Å²) >= 11 is 0. The molecule has 1 atom stereocenters. The van der Waals surface area contributed by atoms with E-state index in [9.17, 15) is 21.6 Å². The van der Waals surface area contributed by atoms with E-state index >= 15 is 0 Å². The van der Waals surface area contributed by atoms with Crippen molar-refractivity contribution >= 4 is 31.5 Å². The predicted octanol–water partition coefficient (Wildman–Crippen LogP) is 0.0367. The molecule has 0 radical (unpaired) electrons. The summed E-state index contributed by atoms with van der Waals surface area (Å²) in [5.74, 6) is -0.235. The topological polar surface area (TPSA) is 109 Å². The molecule has 1 unspecified atom stereocenters. The molecular formula is C13H16N2O5S2. The van der Waals surface area contributed by atoms with Crippen LogP contribution in [0.2, 0.25) is 0 Å². The van der Waals surface area contributed by atoms with Crippen molar-refractivity contribution in [2.24, 2.45) is 0 Å². The largest absolute Gasteiger partial charge is 0.326 e. The van der Waals surface area contributed by atoms with Crippen molar-refractivity contribution < 1.29 is 21.6 Å². The fourth-order valence-electron chi connectivity index (χ4n) is 2.70. The van der Waals surface area contributed by atoms with Crippen molar-refractivity contribution in [2.45, 2.75) is 30.2 Å². The van der Waals surface area contributed by atoms with Crippen LogP contribution in [0.15, 0.2) is 23.1 Å². The van der Waals surface area contributed by atoms with Crippen LogP contribution in [0.1, 0.15) is 18.4 Å². The molecule has 2 heterocycles. The van der Waals surface area contributed by atoms with E-state index in [2.05, 4.69) is 10.0 Å². The number of sulfonamides is 1. The molecule has 7 nitrogen and oxygen atoms in total. The first-order chi connectivity index (χ1) is 10.3. The second kappa shape index (κ2) is 5.32. The molecule has 2 aliphatic heterocycles. The number of hydrogen-bond donors (Lipinski definition) is 2.